The van der Waals surface area contributed by atoms with Gasteiger partial charge in [0.15, 0.2) is 0 Å². The number of aliphatic hydroxyl groups is 3. The molecule has 1 heterocycles. The van der Waals surface area contributed by atoms with Crippen LogP contribution in [0, 0.1) is 0 Å². The van der Waals surface area contributed by atoms with Crippen molar-refractivity contribution in [1.29, 1.82) is 0 Å². The van der Waals surface area contributed by atoms with Crippen LogP contribution in [0.4, 0.5) is 0 Å². The number of aliphatic hydroxyl groups excluding tert-OH is 3. The number of hydrogen-bond acceptors (Lipinski definition) is 5. The largest absolute Gasteiger partial charge is 0.394 e. The van der Waals surface area contributed by atoms with Crippen molar-refractivity contribution in [2.45, 2.75) is 89.1 Å². The van der Waals surface area contributed by atoms with Gasteiger partial charge in [0, 0.05) is 6.61 Å². The molecular formula is C19H36O5. The molecule has 1 aliphatic heterocycles. The van der Waals surface area contributed by atoms with Crippen molar-refractivity contribution in [2.75, 3.05) is 19.8 Å². The normalized spacial score (nSPS) is 27.8. The Morgan fingerprint density at radius 2 is 1.67 bits per heavy atom. The molecule has 142 valence electrons. The lowest BCUT2D eigenvalue weighted by Gasteiger charge is -2.37. The molecule has 1 saturated heterocycles. The van der Waals surface area contributed by atoms with E-state index in [2.05, 4.69) is 19.1 Å². The van der Waals surface area contributed by atoms with Crippen LogP contribution >= 0.6 is 0 Å². The second kappa shape index (κ2) is 13.8. The molecule has 24 heavy (non-hydrogen) atoms. The van der Waals surface area contributed by atoms with Gasteiger partial charge in [-0.15, -0.1) is 0 Å². The molecule has 0 saturated carbocycles. The first kappa shape index (κ1) is 21.6. The molecule has 5 nitrogen and oxygen atoms in total. The maximum atomic E-state index is 10.00. The zero-order valence-electron chi connectivity index (χ0n) is 15.1. The smallest absolute Gasteiger partial charge is 0.114 e. The predicted molar refractivity (Wildman–Crippen MR) is 94.9 cm³/mol. The molecule has 0 aromatic rings. The third-order valence-electron chi connectivity index (χ3n) is 4.47. The molecule has 1 aliphatic rings. The summed E-state index contributed by atoms with van der Waals surface area (Å²) in [4.78, 5) is 0. The van der Waals surface area contributed by atoms with Gasteiger partial charge in [-0.05, 0) is 32.1 Å². The molecule has 0 bridgehead atoms. The summed E-state index contributed by atoms with van der Waals surface area (Å²) in [6.45, 7) is 2.57. The Morgan fingerprint density at radius 1 is 1.00 bits per heavy atom. The first-order valence-corrected chi connectivity index (χ1v) is 9.55. The summed E-state index contributed by atoms with van der Waals surface area (Å²) >= 11 is 0. The van der Waals surface area contributed by atoms with Gasteiger partial charge < -0.3 is 24.8 Å². The quantitative estimate of drug-likeness (QED) is 0.353. The van der Waals surface area contributed by atoms with Crippen molar-refractivity contribution in [3.8, 4) is 0 Å². The van der Waals surface area contributed by atoms with Crippen LogP contribution < -0.4 is 0 Å². The molecule has 0 radical (unpaired) electrons. The zero-order chi connectivity index (χ0) is 17.6. The minimum Gasteiger partial charge on any atom is -0.394 e. The van der Waals surface area contributed by atoms with Gasteiger partial charge in [0.25, 0.3) is 0 Å². The molecule has 0 spiro atoms. The second-order valence-corrected chi connectivity index (χ2v) is 6.62. The molecule has 0 aromatic heterocycles. The summed E-state index contributed by atoms with van der Waals surface area (Å²) in [6.07, 6.45) is 12.1. The van der Waals surface area contributed by atoms with Crippen molar-refractivity contribution < 1.29 is 24.8 Å². The average Bonchev–Trinajstić information content (AvgIpc) is 2.58. The van der Waals surface area contributed by atoms with Crippen LogP contribution in [-0.2, 0) is 9.47 Å². The average molecular weight is 344 g/mol. The highest BCUT2D eigenvalue weighted by Crippen LogP contribution is 2.19. The topological polar surface area (TPSA) is 79.2 Å². The second-order valence-electron chi connectivity index (χ2n) is 6.62. The van der Waals surface area contributed by atoms with Crippen molar-refractivity contribution in [2.24, 2.45) is 0 Å². The molecule has 0 aromatic carbocycles. The first-order chi connectivity index (χ1) is 11.7. The lowest BCUT2D eigenvalue weighted by atomic mass is 10.0. The number of allylic oxidation sites excluding steroid dienone is 2. The number of rotatable bonds is 13. The Hall–Kier alpha value is -0.460. The van der Waals surface area contributed by atoms with E-state index in [-0.39, 0.29) is 13.2 Å². The van der Waals surface area contributed by atoms with E-state index in [1.807, 2.05) is 0 Å². The number of hydrogen-bond donors (Lipinski definition) is 3. The Balaban J connectivity index is 2.00. The number of unbranched alkanes of at least 4 members (excludes halogenated alkanes) is 7. The van der Waals surface area contributed by atoms with E-state index in [9.17, 15) is 10.2 Å². The van der Waals surface area contributed by atoms with E-state index < -0.39 is 24.4 Å². The standard InChI is InChI=1S/C19H36O5/c1-2-3-4-5-6-7-8-9-10-11-12-13-23-19-16(21)15-24-17(14-20)18(19)22/h7-8,16-22H,2-6,9-15H2,1H3/b8-7+/t16-,17+,18+,19+/m1/s1. The summed E-state index contributed by atoms with van der Waals surface area (Å²) in [6, 6.07) is 0. The van der Waals surface area contributed by atoms with Crippen molar-refractivity contribution in [3.05, 3.63) is 12.2 Å². The molecule has 4 atom stereocenters. The molecule has 5 heteroatoms. The SMILES string of the molecule is CCCCCC/C=C/CCCCCO[C@@H]1[C@@H](O)[C@H](CO)OC[C@H]1O. The maximum Gasteiger partial charge on any atom is 0.114 e. The Morgan fingerprint density at radius 3 is 2.29 bits per heavy atom. The van der Waals surface area contributed by atoms with E-state index in [0.717, 1.165) is 25.7 Å². The van der Waals surface area contributed by atoms with Crippen molar-refractivity contribution >= 4 is 0 Å². The van der Waals surface area contributed by atoms with Crippen LogP contribution in [0.25, 0.3) is 0 Å². The summed E-state index contributed by atoms with van der Waals surface area (Å²) in [5.74, 6) is 0. The summed E-state index contributed by atoms with van der Waals surface area (Å²) in [5.41, 5.74) is 0. The van der Waals surface area contributed by atoms with Crippen molar-refractivity contribution in [1.82, 2.24) is 0 Å². The molecule has 1 fully saturated rings. The van der Waals surface area contributed by atoms with E-state index in [4.69, 9.17) is 14.6 Å². The van der Waals surface area contributed by atoms with Crippen molar-refractivity contribution in [3.63, 3.8) is 0 Å². The van der Waals surface area contributed by atoms with Crippen LogP contribution in [-0.4, -0.2) is 59.6 Å². The number of ether oxygens (including phenoxy) is 2. The van der Waals surface area contributed by atoms with Gasteiger partial charge in [0.1, 0.15) is 24.4 Å². The molecular weight excluding hydrogens is 308 g/mol. The van der Waals surface area contributed by atoms with E-state index >= 15 is 0 Å². The molecule has 1 rings (SSSR count). The maximum absolute atomic E-state index is 10.00. The van der Waals surface area contributed by atoms with Crippen LogP contribution in [0.5, 0.6) is 0 Å². The van der Waals surface area contributed by atoms with Gasteiger partial charge >= 0.3 is 0 Å². The van der Waals surface area contributed by atoms with Gasteiger partial charge in [0.2, 0.25) is 0 Å². The fraction of sp³-hybridized carbons (Fsp3) is 0.895. The summed E-state index contributed by atoms with van der Waals surface area (Å²) < 4.78 is 10.8. The molecule has 0 amide bonds. The minimum absolute atomic E-state index is 0.0933. The highest BCUT2D eigenvalue weighted by Gasteiger charge is 2.38. The van der Waals surface area contributed by atoms with Gasteiger partial charge in [-0.1, -0.05) is 44.8 Å². The van der Waals surface area contributed by atoms with Crippen LogP contribution in [0.1, 0.15) is 64.7 Å². The fourth-order valence-electron chi connectivity index (χ4n) is 2.91. The Bertz CT molecular complexity index is 321. The summed E-state index contributed by atoms with van der Waals surface area (Å²) in [5, 5.41) is 28.9. The highest BCUT2D eigenvalue weighted by molar-refractivity contribution is 4.87. The molecule has 3 N–H and O–H groups in total. The zero-order valence-corrected chi connectivity index (χ0v) is 15.1. The van der Waals surface area contributed by atoms with Crippen LogP contribution in [0.15, 0.2) is 12.2 Å². The monoisotopic (exact) mass is 344 g/mol. The van der Waals surface area contributed by atoms with E-state index in [0.29, 0.717) is 6.61 Å². The fourth-order valence-corrected chi connectivity index (χ4v) is 2.91. The molecule has 0 unspecified atom stereocenters. The first-order valence-electron chi connectivity index (χ1n) is 9.55. The minimum atomic E-state index is -0.977. The van der Waals surface area contributed by atoms with Gasteiger partial charge in [-0.3, -0.25) is 0 Å². The Kier molecular flexibility index (Phi) is 12.4. The van der Waals surface area contributed by atoms with Gasteiger partial charge in [-0.25, -0.2) is 0 Å². The lowest BCUT2D eigenvalue weighted by molar-refractivity contribution is -0.210. The third-order valence-corrected chi connectivity index (χ3v) is 4.47. The van der Waals surface area contributed by atoms with E-state index in [1.54, 1.807) is 0 Å². The summed E-state index contributed by atoms with van der Waals surface area (Å²) in [7, 11) is 0. The van der Waals surface area contributed by atoms with Crippen LogP contribution in [0.2, 0.25) is 0 Å². The van der Waals surface area contributed by atoms with E-state index in [1.165, 1.54) is 32.1 Å². The lowest BCUT2D eigenvalue weighted by Crippen LogP contribution is -2.55. The van der Waals surface area contributed by atoms with Gasteiger partial charge in [0.05, 0.1) is 13.2 Å². The third kappa shape index (κ3) is 8.58. The van der Waals surface area contributed by atoms with Crippen LogP contribution in [0.3, 0.4) is 0 Å². The van der Waals surface area contributed by atoms with Gasteiger partial charge in [-0.2, -0.15) is 0 Å². The Labute approximate surface area is 146 Å². The highest BCUT2D eigenvalue weighted by atomic mass is 16.6. The molecule has 0 aliphatic carbocycles. The predicted octanol–water partition coefficient (Wildman–Crippen LogP) is 2.57.